The molecule has 0 spiro atoms. The molecule has 0 radical (unpaired) electrons. The van der Waals surface area contributed by atoms with Crippen LogP contribution in [0, 0.1) is 5.92 Å². The third-order valence-electron chi connectivity index (χ3n) is 5.59. The smallest absolute Gasteiger partial charge is 0.310 e. The van der Waals surface area contributed by atoms with Crippen molar-refractivity contribution in [2.45, 2.75) is 59.3 Å². The van der Waals surface area contributed by atoms with Gasteiger partial charge in [-0.3, -0.25) is 9.59 Å². The second kappa shape index (κ2) is 9.45. The van der Waals surface area contributed by atoms with E-state index in [4.69, 9.17) is 9.84 Å². The van der Waals surface area contributed by atoms with Crippen LogP contribution < -0.4 is 0 Å². The van der Waals surface area contributed by atoms with E-state index >= 15 is 0 Å². The number of rotatable bonds is 6. The van der Waals surface area contributed by atoms with Crippen molar-refractivity contribution in [3.8, 4) is 5.69 Å². The van der Waals surface area contributed by atoms with Crippen LogP contribution in [-0.4, -0.2) is 46.3 Å². The van der Waals surface area contributed by atoms with Gasteiger partial charge in [-0.05, 0) is 43.7 Å². The zero-order valence-electron chi connectivity index (χ0n) is 18.7. The summed E-state index contributed by atoms with van der Waals surface area (Å²) >= 11 is 0. The maximum absolute atomic E-state index is 13.7. The fourth-order valence-corrected chi connectivity index (χ4v) is 4.14. The molecule has 2 aromatic rings. The van der Waals surface area contributed by atoms with Gasteiger partial charge in [-0.2, -0.15) is 5.10 Å². The second-order valence-corrected chi connectivity index (χ2v) is 8.54. The lowest BCUT2D eigenvalue weighted by atomic mass is 9.94. The fourth-order valence-electron chi connectivity index (χ4n) is 4.14. The summed E-state index contributed by atoms with van der Waals surface area (Å²) in [5, 5.41) is 4.88. The Labute approximate surface area is 179 Å². The topological polar surface area (TPSA) is 64.4 Å². The normalized spacial score (nSPS) is 16.9. The van der Waals surface area contributed by atoms with Crippen LogP contribution >= 0.6 is 0 Å². The van der Waals surface area contributed by atoms with Gasteiger partial charge in [0.05, 0.1) is 35.2 Å². The van der Waals surface area contributed by atoms with Crippen molar-refractivity contribution in [2.24, 2.45) is 5.92 Å². The minimum absolute atomic E-state index is 0.0291. The van der Waals surface area contributed by atoms with Gasteiger partial charge in [0.25, 0.3) is 5.91 Å². The van der Waals surface area contributed by atoms with Crippen LogP contribution in [0.25, 0.3) is 5.69 Å². The number of benzene rings is 1. The predicted octanol–water partition coefficient (Wildman–Crippen LogP) is 4.53. The van der Waals surface area contributed by atoms with Crippen molar-refractivity contribution >= 4 is 11.9 Å². The highest BCUT2D eigenvalue weighted by molar-refractivity contribution is 5.97. The highest BCUT2D eigenvalue weighted by atomic mass is 16.5. The Morgan fingerprint density at radius 1 is 1.13 bits per heavy atom. The number of nitrogens with zero attached hydrogens (tertiary/aromatic N) is 3. The number of piperidine rings is 1. The first kappa shape index (κ1) is 22.1. The molecule has 0 N–H and O–H groups in total. The van der Waals surface area contributed by atoms with Crippen LogP contribution in [0.2, 0.25) is 0 Å². The standard InChI is InChI=1S/C24H33N3O3/c1-6-30-24(29)18-11-10-14-26(15-18)23(28)20-21(16(2)3)25-27(22(20)17(4)5)19-12-8-7-9-13-19/h7-9,12-13,16-18H,6,10-11,14-15H2,1-5H3. The number of ether oxygens (including phenoxy) is 1. The number of hydrogen-bond donors (Lipinski definition) is 0. The molecule has 3 rings (SSSR count). The number of aromatic nitrogens is 2. The lowest BCUT2D eigenvalue weighted by Crippen LogP contribution is -2.43. The largest absolute Gasteiger partial charge is 0.466 e. The number of esters is 1. The van der Waals surface area contributed by atoms with Crippen molar-refractivity contribution in [2.75, 3.05) is 19.7 Å². The summed E-state index contributed by atoms with van der Waals surface area (Å²) in [7, 11) is 0. The molecule has 1 fully saturated rings. The van der Waals surface area contributed by atoms with Crippen LogP contribution in [0.1, 0.15) is 81.0 Å². The van der Waals surface area contributed by atoms with Crippen molar-refractivity contribution in [1.82, 2.24) is 14.7 Å². The van der Waals surface area contributed by atoms with Crippen LogP contribution in [0.3, 0.4) is 0 Å². The first-order valence-electron chi connectivity index (χ1n) is 11.0. The molecule has 0 aliphatic carbocycles. The molecular weight excluding hydrogens is 378 g/mol. The van der Waals surface area contributed by atoms with E-state index in [1.54, 1.807) is 0 Å². The van der Waals surface area contributed by atoms with Gasteiger partial charge in [-0.1, -0.05) is 45.9 Å². The minimum Gasteiger partial charge on any atom is -0.466 e. The quantitative estimate of drug-likeness (QED) is 0.655. The number of carbonyl (C=O) groups excluding carboxylic acids is 2. The van der Waals surface area contributed by atoms with Gasteiger partial charge in [-0.25, -0.2) is 4.68 Å². The van der Waals surface area contributed by atoms with Gasteiger partial charge in [0.15, 0.2) is 0 Å². The molecule has 1 aliphatic rings. The van der Waals surface area contributed by atoms with E-state index in [1.165, 1.54) is 0 Å². The Hall–Kier alpha value is -2.63. The summed E-state index contributed by atoms with van der Waals surface area (Å²) in [5.41, 5.74) is 3.37. The average molecular weight is 412 g/mol. The van der Waals surface area contributed by atoms with Crippen molar-refractivity contribution in [1.29, 1.82) is 0 Å². The number of hydrogen-bond acceptors (Lipinski definition) is 4. The summed E-state index contributed by atoms with van der Waals surface area (Å²) in [4.78, 5) is 27.8. The van der Waals surface area contributed by atoms with Crippen LogP contribution in [0.5, 0.6) is 0 Å². The van der Waals surface area contributed by atoms with E-state index in [1.807, 2.05) is 46.8 Å². The monoisotopic (exact) mass is 411 g/mol. The predicted molar refractivity (Wildman–Crippen MR) is 117 cm³/mol. The molecular formula is C24H33N3O3. The Morgan fingerprint density at radius 3 is 2.43 bits per heavy atom. The maximum atomic E-state index is 13.7. The molecule has 6 heteroatoms. The van der Waals surface area contributed by atoms with Crippen molar-refractivity contribution in [3.63, 3.8) is 0 Å². The van der Waals surface area contributed by atoms with Gasteiger partial charge in [0, 0.05) is 13.1 Å². The number of para-hydroxylation sites is 1. The second-order valence-electron chi connectivity index (χ2n) is 8.54. The molecule has 2 heterocycles. The summed E-state index contributed by atoms with van der Waals surface area (Å²) in [5.74, 6) is -0.259. The zero-order valence-corrected chi connectivity index (χ0v) is 18.7. The van der Waals surface area contributed by atoms with Crippen LogP contribution in [-0.2, 0) is 9.53 Å². The Kier molecular flexibility index (Phi) is 6.95. The summed E-state index contributed by atoms with van der Waals surface area (Å²) in [6.07, 6.45) is 1.57. The van der Waals surface area contributed by atoms with E-state index < -0.39 is 0 Å². The van der Waals surface area contributed by atoms with Gasteiger partial charge in [-0.15, -0.1) is 0 Å². The molecule has 1 aromatic carbocycles. The van der Waals surface area contributed by atoms with Gasteiger partial charge in [0.2, 0.25) is 0 Å². The SMILES string of the molecule is CCOC(=O)C1CCCN(C(=O)c2c(C(C)C)nn(-c3ccccc3)c2C(C)C)C1. The summed E-state index contributed by atoms with van der Waals surface area (Å²) < 4.78 is 7.12. The molecule has 1 unspecified atom stereocenters. The Bertz CT molecular complexity index is 887. The number of likely N-dealkylation sites (tertiary alicyclic amines) is 1. The molecule has 30 heavy (non-hydrogen) atoms. The number of amides is 1. The summed E-state index contributed by atoms with van der Waals surface area (Å²) in [6, 6.07) is 9.95. The molecule has 162 valence electrons. The molecule has 1 aliphatic heterocycles. The van der Waals surface area contributed by atoms with Gasteiger partial charge >= 0.3 is 5.97 Å². The molecule has 6 nitrogen and oxygen atoms in total. The zero-order chi connectivity index (χ0) is 21.8. The Morgan fingerprint density at radius 2 is 1.83 bits per heavy atom. The van der Waals surface area contributed by atoms with Crippen molar-refractivity contribution < 1.29 is 14.3 Å². The summed E-state index contributed by atoms with van der Waals surface area (Å²) in [6.45, 7) is 11.5. The molecule has 0 saturated carbocycles. The first-order valence-corrected chi connectivity index (χ1v) is 11.0. The Balaban J connectivity index is 2.02. The average Bonchev–Trinajstić information content (AvgIpc) is 3.15. The highest BCUT2D eigenvalue weighted by Gasteiger charge is 2.34. The maximum Gasteiger partial charge on any atom is 0.310 e. The van der Waals surface area contributed by atoms with E-state index in [2.05, 4.69) is 27.7 Å². The number of carbonyl (C=O) groups is 2. The fraction of sp³-hybridized carbons (Fsp3) is 0.542. The van der Waals surface area contributed by atoms with E-state index in [-0.39, 0.29) is 29.6 Å². The van der Waals surface area contributed by atoms with Crippen LogP contribution in [0.15, 0.2) is 30.3 Å². The third kappa shape index (κ3) is 4.42. The molecule has 1 aromatic heterocycles. The highest BCUT2D eigenvalue weighted by Crippen LogP contribution is 2.32. The van der Waals surface area contributed by atoms with E-state index in [0.29, 0.717) is 25.3 Å². The first-order chi connectivity index (χ1) is 14.3. The van der Waals surface area contributed by atoms with Gasteiger partial charge < -0.3 is 9.64 Å². The molecule has 1 amide bonds. The van der Waals surface area contributed by atoms with Crippen molar-refractivity contribution in [3.05, 3.63) is 47.3 Å². The third-order valence-corrected chi connectivity index (χ3v) is 5.59. The van der Waals surface area contributed by atoms with Crippen LogP contribution in [0.4, 0.5) is 0 Å². The van der Waals surface area contributed by atoms with Gasteiger partial charge in [0.1, 0.15) is 0 Å². The molecule has 0 bridgehead atoms. The molecule has 1 saturated heterocycles. The van der Waals surface area contributed by atoms with E-state index in [9.17, 15) is 9.59 Å². The minimum atomic E-state index is -0.253. The van der Waals surface area contributed by atoms with E-state index in [0.717, 1.165) is 29.9 Å². The lowest BCUT2D eigenvalue weighted by Gasteiger charge is -2.32. The lowest BCUT2D eigenvalue weighted by molar-refractivity contribution is -0.149. The molecule has 1 atom stereocenters.